The van der Waals surface area contributed by atoms with Gasteiger partial charge in [0.2, 0.25) is 0 Å². The minimum Gasteiger partial charge on any atom is -0.350 e. The van der Waals surface area contributed by atoms with Gasteiger partial charge in [0, 0.05) is 11.0 Å². The minimum absolute atomic E-state index is 0.105. The topological polar surface area (TPSA) is 36.4 Å². The Hall–Kier alpha value is -6.29. The van der Waals surface area contributed by atoms with Crippen molar-refractivity contribution in [2.75, 3.05) is 0 Å². The van der Waals surface area contributed by atoms with Crippen LogP contribution in [-0.4, -0.2) is 5.84 Å². The zero-order chi connectivity index (χ0) is 36.9. The Morgan fingerprint density at radius 1 is 0.582 bits per heavy atom. The number of fused-ring (bicyclic) bond motifs is 4. The van der Waals surface area contributed by atoms with Crippen molar-refractivity contribution in [1.29, 1.82) is 0 Å². The second-order valence-electron chi connectivity index (χ2n) is 15.5. The van der Waals surface area contributed by atoms with Gasteiger partial charge in [-0.15, -0.1) is 0 Å². The number of aliphatic imine (C=N–C) groups is 1. The van der Waals surface area contributed by atoms with Crippen LogP contribution in [0.3, 0.4) is 0 Å². The average molecular weight is 710 g/mol. The monoisotopic (exact) mass is 709 g/mol. The standard InChI is InChI=1S/C52H43N3/c1-52(2)45-33-42(51-54-49(39-18-10-5-11-19-39)53-50(55-51)40-28-24-37(25-29-40)35-16-8-4-9-17-35)30-31-44(45)48-46(52)32-41-20-12-13-21-43(41)47(48)38-26-22-36(23-27-38)34-14-6-3-7-15-34/h3-6,8-14,16-33,49,51,54H,7,15H2,1-2H3,(H,53,55). The maximum atomic E-state index is 5.37. The van der Waals surface area contributed by atoms with Gasteiger partial charge in [-0.2, -0.15) is 0 Å². The van der Waals surface area contributed by atoms with Gasteiger partial charge in [0.15, 0.2) is 0 Å². The lowest BCUT2D eigenvalue weighted by molar-refractivity contribution is 0.408. The molecular weight excluding hydrogens is 667 g/mol. The first-order valence-electron chi connectivity index (χ1n) is 19.5. The summed E-state index contributed by atoms with van der Waals surface area (Å²) < 4.78 is 0. The van der Waals surface area contributed by atoms with Crippen LogP contribution in [0.25, 0.3) is 49.7 Å². The molecule has 1 heterocycles. The summed E-state index contributed by atoms with van der Waals surface area (Å²) in [5.74, 6) is 0.886. The highest BCUT2D eigenvalue weighted by Crippen LogP contribution is 2.55. The summed E-state index contributed by atoms with van der Waals surface area (Å²) in [6, 6.07) is 57.6. The fourth-order valence-electron chi connectivity index (χ4n) is 8.87. The predicted octanol–water partition coefficient (Wildman–Crippen LogP) is 12.6. The third kappa shape index (κ3) is 5.92. The Morgan fingerprint density at radius 2 is 1.25 bits per heavy atom. The van der Waals surface area contributed by atoms with Crippen molar-refractivity contribution in [3.8, 4) is 33.4 Å². The molecule has 0 fully saturated rings. The van der Waals surface area contributed by atoms with E-state index >= 15 is 0 Å². The van der Waals surface area contributed by atoms with E-state index in [1.165, 1.54) is 72.0 Å². The van der Waals surface area contributed by atoms with Crippen LogP contribution in [-0.2, 0) is 5.41 Å². The molecule has 2 atom stereocenters. The smallest absolute Gasteiger partial charge is 0.131 e. The summed E-state index contributed by atoms with van der Waals surface area (Å²) in [4.78, 5) is 5.37. The molecule has 266 valence electrons. The lowest BCUT2D eigenvalue weighted by atomic mass is 9.80. The maximum absolute atomic E-state index is 5.37. The van der Waals surface area contributed by atoms with Gasteiger partial charge in [0.1, 0.15) is 18.2 Å². The fourth-order valence-corrected chi connectivity index (χ4v) is 8.87. The van der Waals surface area contributed by atoms with Crippen molar-refractivity contribution >= 4 is 22.2 Å². The molecule has 10 rings (SSSR count). The highest BCUT2D eigenvalue weighted by atomic mass is 15.3. The molecule has 0 saturated carbocycles. The van der Waals surface area contributed by atoms with Crippen molar-refractivity contribution in [2.45, 2.75) is 44.4 Å². The average Bonchev–Trinajstić information content (AvgIpc) is 3.48. The molecule has 1 aliphatic heterocycles. The molecular formula is C52H43N3. The first-order valence-corrected chi connectivity index (χ1v) is 19.5. The summed E-state index contributed by atoms with van der Waals surface area (Å²) in [6.45, 7) is 4.77. The van der Waals surface area contributed by atoms with Crippen LogP contribution in [0.5, 0.6) is 0 Å². The SMILES string of the molecule is CC1(C)c2cc(C3N=C(c4ccc(-c5ccccc5)cc4)NC(c4ccccc4)N3)ccc2-c2c1cc1ccccc1c2-c1ccc(C2=CC=CCC2)cc1. The summed E-state index contributed by atoms with van der Waals surface area (Å²) >= 11 is 0. The number of hydrogen-bond acceptors (Lipinski definition) is 3. The van der Waals surface area contributed by atoms with Crippen LogP contribution >= 0.6 is 0 Å². The number of benzene rings is 7. The third-order valence-electron chi connectivity index (χ3n) is 11.8. The van der Waals surface area contributed by atoms with Gasteiger partial charge in [0.05, 0.1) is 0 Å². The Kier molecular flexibility index (Phi) is 8.19. The lowest BCUT2D eigenvalue weighted by Gasteiger charge is -2.32. The second kappa shape index (κ2) is 13.5. The first-order chi connectivity index (χ1) is 27.0. The molecule has 0 spiro atoms. The molecule has 55 heavy (non-hydrogen) atoms. The Morgan fingerprint density at radius 3 is 2.02 bits per heavy atom. The van der Waals surface area contributed by atoms with E-state index < -0.39 is 0 Å². The molecule has 7 aromatic carbocycles. The molecule has 0 aromatic heterocycles. The van der Waals surface area contributed by atoms with Crippen molar-refractivity contribution in [3.63, 3.8) is 0 Å². The second-order valence-corrected chi connectivity index (χ2v) is 15.5. The largest absolute Gasteiger partial charge is 0.350 e. The van der Waals surface area contributed by atoms with Gasteiger partial charge in [-0.05, 0) is 96.5 Å². The predicted molar refractivity (Wildman–Crippen MR) is 230 cm³/mol. The van der Waals surface area contributed by atoms with Crippen LogP contribution < -0.4 is 10.6 Å². The van der Waals surface area contributed by atoms with Gasteiger partial charge in [0.25, 0.3) is 0 Å². The van der Waals surface area contributed by atoms with Gasteiger partial charge in [-0.1, -0.05) is 184 Å². The van der Waals surface area contributed by atoms with E-state index in [9.17, 15) is 0 Å². The van der Waals surface area contributed by atoms with E-state index in [1.54, 1.807) is 0 Å². The van der Waals surface area contributed by atoms with Crippen LogP contribution in [0.15, 0.2) is 181 Å². The van der Waals surface area contributed by atoms with Gasteiger partial charge in [-0.3, -0.25) is 5.32 Å². The maximum Gasteiger partial charge on any atom is 0.131 e. The summed E-state index contributed by atoms with van der Waals surface area (Å²) in [7, 11) is 0. The number of rotatable bonds is 6. The first kappa shape index (κ1) is 33.3. The summed E-state index contributed by atoms with van der Waals surface area (Å²) in [6.07, 6.45) is 8.55. The number of hydrogen-bond donors (Lipinski definition) is 2. The highest BCUT2D eigenvalue weighted by molar-refractivity contribution is 6.08. The van der Waals surface area contributed by atoms with Crippen molar-refractivity contribution in [1.82, 2.24) is 10.6 Å². The van der Waals surface area contributed by atoms with Gasteiger partial charge < -0.3 is 5.32 Å². The molecule has 0 saturated heterocycles. The number of allylic oxidation sites excluding steroid dienone is 4. The van der Waals surface area contributed by atoms with Crippen molar-refractivity contribution in [2.24, 2.45) is 4.99 Å². The molecule has 0 amide bonds. The molecule has 0 bridgehead atoms. The fraction of sp³-hybridized carbons (Fsp3) is 0.135. The number of nitrogens with one attached hydrogen (secondary N) is 2. The van der Waals surface area contributed by atoms with E-state index in [0.717, 1.165) is 29.8 Å². The number of amidine groups is 1. The quantitative estimate of drug-likeness (QED) is 0.180. The lowest BCUT2D eigenvalue weighted by Crippen LogP contribution is -2.45. The van der Waals surface area contributed by atoms with Crippen LogP contribution in [0.2, 0.25) is 0 Å². The molecule has 3 aliphatic rings. The van der Waals surface area contributed by atoms with Gasteiger partial charge >= 0.3 is 0 Å². The normalized spacial score (nSPS) is 18.2. The molecule has 2 N–H and O–H groups in total. The Bertz CT molecular complexity index is 2650. The molecule has 3 nitrogen and oxygen atoms in total. The Labute approximate surface area is 323 Å². The highest BCUT2D eigenvalue weighted by Gasteiger charge is 2.39. The molecule has 2 aliphatic carbocycles. The van der Waals surface area contributed by atoms with E-state index in [4.69, 9.17) is 4.99 Å². The summed E-state index contributed by atoms with van der Waals surface area (Å²) in [5, 5.41) is 10.1. The van der Waals surface area contributed by atoms with E-state index in [0.29, 0.717) is 0 Å². The minimum atomic E-state index is -0.241. The van der Waals surface area contributed by atoms with Crippen molar-refractivity contribution in [3.05, 3.63) is 209 Å². The van der Waals surface area contributed by atoms with E-state index in [2.05, 4.69) is 200 Å². The van der Waals surface area contributed by atoms with Crippen LogP contribution in [0.4, 0.5) is 0 Å². The summed E-state index contributed by atoms with van der Waals surface area (Å²) in [5.41, 5.74) is 16.3. The van der Waals surface area contributed by atoms with Gasteiger partial charge in [-0.25, -0.2) is 4.99 Å². The Balaban J connectivity index is 1.07. The third-order valence-corrected chi connectivity index (χ3v) is 11.8. The molecule has 3 heteroatoms. The molecule has 7 aromatic rings. The molecule has 0 radical (unpaired) electrons. The van der Waals surface area contributed by atoms with E-state index in [1.807, 2.05) is 0 Å². The van der Waals surface area contributed by atoms with Crippen LogP contribution in [0.1, 0.15) is 72.4 Å². The number of nitrogens with zero attached hydrogens (tertiary/aromatic N) is 1. The zero-order valence-electron chi connectivity index (χ0n) is 31.3. The van der Waals surface area contributed by atoms with E-state index in [-0.39, 0.29) is 17.7 Å². The zero-order valence-corrected chi connectivity index (χ0v) is 31.3. The molecule has 2 unspecified atom stereocenters. The van der Waals surface area contributed by atoms with Crippen LogP contribution in [0, 0.1) is 0 Å². The van der Waals surface area contributed by atoms with Crippen molar-refractivity contribution < 1.29 is 0 Å².